The largest absolute Gasteiger partial charge is 0.494 e. The maximum atomic E-state index is 13.4. The van der Waals surface area contributed by atoms with Gasteiger partial charge < -0.3 is 15.2 Å². The highest BCUT2D eigenvalue weighted by atomic mass is 79.9. The summed E-state index contributed by atoms with van der Waals surface area (Å²) in [6, 6.07) is 9.30. The second kappa shape index (κ2) is 6.98. The van der Waals surface area contributed by atoms with E-state index in [-0.39, 0.29) is 28.0 Å². The number of primary amides is 1. The number of benzene rings is 2. The molecule has 26 heavy (non-hydrogen) atoms. The van der Waals surface area contributed by atoms with Crippen molar-refractivity contribution in [1.82, 2.24) is 0 Å². The van der Waals surface area contributed by atoms with Gasteiger partial charge in [0.05, 0.1) is 23.8 Å². The van der Waals surface area contributed by atoms with Gasteiger partial charge >= 0.3 is 0 Å². The van der Waals surface area contributed by atoms with Gasteiger partial charge in [-0.05, 0) is 40.2 Å². The SMILES string of the molecule is COc1c(Br)cc(Cl)cc1S(=O)(=O)N1CC(C(N)=O)Oc2ccccc21. The van der Waals surface area contributed by atoms with Crippen molar-refractivity contribution in [2.75, 3.05) is 18.0 Å². The zero-order valence-corrected chi connectivity index (χ0v) is 16.6. The smallest absolute Gasteiger partial charge is 0.268 e. The highest BCUT2D eigenvalue weighted by Crippen LogP contribution is 2.41. The van der Waals surface area contributed by atoms with Crippen molar-refractivity contribution in [1.29, 1.82) is 0 Å². The Morgan fingerprint density at radius 1 is 1.38 bits per heavy atom. The molecule has 0 aromatic heterocycles. The Bertz CT molecular complexity index is 983. The number of ether oxygens (including phenoxy) is 2. The molecular formula is C16H14BrClN2O5S. The van der Waals surface area contributed by atoms with Crippen LogP contribution in [0.4, 0.5) is 5.69 Å². The minimum Gasteiger partial charge on any atom is -0.494 e. The van der Waals surface area contributed by atoms with Gasteiger partial charge in [-0.2, -0.15) is 0 Å². The highest BCUT2D eigenvalue weighted by molar-refractivity contribution is 9.10. The van der Waals surface area contributed by atoms with Crippen molar-refractivity contribution in [3.8, 4) is 11.5 Å². The van der Waals surface area contributed by atoms with Crippen molar-refractivity contribution in [2.24, 2.45) is 5.73 Å². The number of nitrogens with two attached hydrogens (primary N) is 1. The van der Waals surface area contributed by atoms with Gasteiger partial charge in [0.25, 0.3) is 15.9 Å². The quantitative estimate of drug-likeness (QED) is 0.754. The summed E-state index contributed by atoms with van der Waals surface area (Å²) in [6.45, 7) is -0.262. The van der Waals surface area contributed by atoms with E-state index in [2.05, 4.69) is 15.9 Å². The zero-order chi connectivity index (χ0) is 19.1. The van der Waals surface area contributed by atoms with Gasteiger partial charge in [0.15, 0.2) is 11.9 Å². The van der Waals surface area contributed by atoms with Crippen LogP contribution in [0.5, 0.6) is 11.5 Å². The van der Waals surface area contributed by atoms with E-state index in [1.165, 1.54) is 19.2 Å². The molecule has 1 unspecified atom stereocenters. The average molecular weight is 462 g/mol. The molecule has 10 heteroatoms. The Balaban J connectivity index is 2.20. The summed E-state index contributed by atoms with van der Waals surface area (Å²) in [5.41, 5.74) is 5.63. The molecule has 138 valence electrons. The van der Waals surface area contributed by atoms with Crippen molar-refractivity contribution < 1.29 is 22.7 Å². The number of halogens is 2. The molecule has 7 nitrogen and oxygen atoms in total. The van der Waals surface area contributed by atoms with E-state index in [4.69, 9.17) is 26.8 Å². The third kappa shape index (κ3) is 3.22. The van der Waals surface area contributed by atoms with Gasteiger partial charge in [-0.25, -0.2) is 8.42 Å². The first-order valence-corrected chi connectivity index (χ1v) is 9.97. The number of para-hydroxylation sites is 2. The summed E-state index contributed by atoms with van der Waals surface area (Å²) in [6.07, 6.45) is -1.12. The van der Waals surface area contributed by atoms with Gasteiger partial charge in [0.2, 0.25) is 0 Å². The molecule has 0 bridgehead atoms. The number of rotatable bonds is 4. The van der Waals surface area contributed by atoms with Crippen LogP contribution in [0, 0.1) is 0 Å². The molecule has 2 N–H and O–H groups in total. The number of anilines is 1. The van der Waals surface area contributed by atoms with Crippen molar-refractivity contribution >= 4 is 49.1 Å². The topological polar surface area (TPSA) is 98.9 Å². The molecule has 1 heterocycles. The van der Waals surface area contributed by atoms with Gasteiger partial charge in [-0.15, -0.1) is 0 Å². The third-order valence-corrected chi connectivity index (χ3v) is 6.39. The van der Waals surface area contributed by atoms with Crippen molar-refractivity contribution in [3.63, 3.8) is 0 Å². The molecule has 2 aromatic rings. The Labute approximate surface area is 163 Å². The molecule has 0 saturated heterocycles. The fraction of sp³-hybridized carbons (Fsp3) is 0.188. The number of hydrogen-bond donors (Lipinski definition) is 1. The van der Waals surface area contributed by atoms with Crippen molar-refractivity contribution in [2.45, 2.75) is 11.0 Å². The molecule has 1 aliphatic rings. The van der Waals surface area contributed by atoms with Gasteiger partial charge in [-0.1, -0.05) is 23.7 Å². The lowest BCUT2D eigenvalue weighted by Gasteiger charge is -2.34. The van der Waals surface area contributed by atoms with Crippen LogP contribution in [0.25, 0.3) is 0 Å². The Morgan fingerprint density at radius 3 is 2.73 bits per heavy atom. The standard InChI is InChI=1S/C16H14BrClN2O5S/c1-24-15-10(17)6-9(18)7-14(15)26(22,23)20-8-13(16(19)21)25-12-5-3-2-4-11(12)20/h2-7,13H,8H2,1H3,(H2,19,21). The monoisotopic (exact) mass is 460 g/mol. The Kier molecular flexibility index (Phi) is 5.05. The number of sulfonamides is 1. The van der Waals surface area contributed by atoms with Crippen LogP contribution in [-0.2, 0) is 14.8 Å². The van der Waals surface area contributed by atoms with Crippen molar-refractivity contribution in [3.05, 3.63) is 45.9 Å². The first-order valence-electron chi connectivity index (χ1n) is 7.36. The number of nitrogens with zero attached hydrogens (tertiary/aromatic N) is 1. The van der Waals surface area contributed by atoms with E-state index in [1.807, 2.05) is 0 Å². The van der Waals surface area contributed by atoms with Gasteiger partial charge in [0.1, 0.15) is 10.6 Å². The van der Waals surface area contributed by atoms with E-state index in [0.29, 0.717) is 10.2 Å². The van der Waals surface area contributed by atoms with E-state index in [0.717, 1.165) is 4.31 Å². The predicted octanol–water partition coefficient (Wildman–Crippen LogP) is 2.55. The highest BCUT2D eigenvalue weighted by Gasteiger charge is 2.38. The molecule has 0 fully saturated rings. The minimum absolute atomic E-state index is 0.106. The van der Waals surface area contributed by atoms with Gasteiger partial charge in [-0.3, -0.25) is 9.10 Å². The number of carbonyl (C=O) groups is 1. The predicted molar refractivity (Wildman–Crippen MR) is 100 cm³/mol. The van der Waals surface area contributed by atoms with Crippen LogP contribution in [0.2, 0.25) is 5.02 Å². The fourth-order valence-electron chi connectivity index (χ4n) is 2.62. The minimum atomic E-state index is -4.12. The summed E-state index contributed by atoms with van der Waals surface area (Å²) in [7, 11) is -2.77. The second-order valence-corrected chi connectivity index (χ2v) is 8.55. The molecule has 3 rings (SSSR count). The molecule has 1 amide bonds. The molecular weight excluding hydrogens is 448 g/mol. The van der Waals surface area contributed by atoms with Crippen LogP contribution in [0.15, 0.2) is 45.8 Å². The first kappa shape index (κ1) is 18.8. The molecule has 0 saturated carbocycles. The molecule has 0 radical (unpaired) electrons. The zero-order valence-electron chi connectivity index (χ0n) is 13.5. The summed E-state index contributed by atoms with van der Waals surface area (Å²) in [4.78, 5) is 11.5. The Hall–Kier alpha value is -1.97. The van der Waals surface area contributed by atoms with Crippen LogP contribution in [0.3, 0.4) is 0 Å². The Morgan fingerprint density at radius 2 is 2.08 bits per heavy atom. The number of carbonyl (C=O) groups excluding carboxylic acids is 1. The summed E-state index contributed by atoms with van der Waals surface area (Å²) >= 11 is 9.29. The molecule has 1 atom stereocenters. The lowest BCUT2D eigenvalue weighted by Crippen LogP contribution is -2.49. The summed E-state index contributed by atoms with van der Waals surface area (Å²) < 4.78 is 38.9. The molecule has 2 aromatic carbocycles. The number of hydrogen-bond acceptors (Lipinski definition) is 5. The van der Waals surface area contributed by atoms with Crippen LogP contribution < -0.4 is 19.5 Å². The van der Waals surface area contributed by atoms with E-state index in [1.54, 1.807) is 24.3 Å². The molecule has 1 aliphatic heterocycles. The fourth-order valence-corrected chi connectivity index (χ4v) is 5.47. The summed E-state index contributed by atoms with van der Waals surface area (Å²) in [5.74, 6) is -0.417. The second-order valence-electron chi connectivity index (χ2n) is 5.43. The number of amides is 1. The lowest BCUT2D eigenvalue weighted by molar-refractivity contribution is -0.124. The van der Waals surface area contributed by atoms with Crippen LogP contribution >= 0.6 is 27.5 Å². The van der Waals surface area contributed by atoms with Gasteiger partial charge in [0, 0.05) is 5.02 Å². The third-order valence-electron chi connectivity index (χ3n) is 3.80. The first-order chi connectivity index (χ1) is 12.3. The number of fused-ring (bicyclic) bond motifs is 1. The van der Waals surface area contributed by atoms with E-state index in [9.17, 15) is 13.2 Å². The van der Waals surface area contributed by atoms with E-state index < -0.39 is 22.0 Å². The average Bonchev–Trinajstić information content (AvgIpc) is 2.60. The van der Waals surface area contributed by atoms with E-state index >= 15 is 0 Å². The summed E-state index contributed by atoms with van der Waals surface area (Å²) in [5, 5.41) is 0.212. The molecule has 0 aliphatic carbocycles. The maximum Gasteiger partial charge on any atom is 0.268 e. The molecule has 0 spiro atoms. The van der Waals surface area contributed by atoms with Crippen LogP contribution in [0.1, 0.15) is 0 Å². The maximum absolute atomic E-state index is 13.4. The normalized spacial score (nSPS) is 16.6. The number of methoxy groups -OCH3 is 1. The lowest BCUT2D eigenvalue weighted by atomic mass is 10.2. The van der Waals surface area contributed by atoms with Crippen LogP contribution in [-0.4, -0.2) is 34.1 Å².